The first-order valence-corrected chi connectivity index (χ1v) is 10.8. The lowest BCUT2D eigenvalue weighted by Crippen LogP contribution is -2.40. The first-order chi connectivity index (χ1) is 16.9. The molecule has 0 bridgehead atoms. The third kappa shape index (κ3) is 4.84. The van der Waals surface area contributed by atoms with Gasteiger partial charge in [-0.15, -0.1) is 0 Å². The van der Waals surface area contributed by atoms with Crippen molar-refractivity contribution >= 4 is 5.91 Å². The van der Waals surface area contributed by atoms with Crippen LogP contribution in [-0.4, -0.2) is 31.6 Å². The van der Waals surface area contributed by atoms with Crippen LogP contribution in [0.15, 0.2) is 60.7 Å². The standard InChI is InChI=1S/C26H21F6NO3/c1-35-21-12-16-8-9-33(23(15-6-4-3-5-7-15)20(16)14-22(21)36-2)24(34)17-10-18(25(27,28)29)13-19(11-17)26(30,31)32/h3-7,10-14,23H,8-9H2,1-2H3/t23-/m1/s1. The molecular weight excluding hydrogens is 488 g/mol. The Morgan fingerprint density at radius 3 is 1.92 bits per heavy atom. The number of amides is 1. The second-order valence-electron chi connectivity index (χ2n) is 8.26. The summed E-state index contributed by atoms with van der Waals surface area (Å²) in [5, 5.41) is 0. The highest BCUT2D eigenvalue weighted by Crippen LogP contribution is 2.42. The summed E-state index contributed by atoms with van der Waals surface area (Å²) < 4.78 is 91.3. The second kappa shape index (κ2) is 9.40. The largest absolute Gasteiger partial charge is 0.493 e. The van der Waals surface area contributed by atoms with Gasteiger partial charge in [0.2, 0.25) is 0 Å². The molecule has 4 rings (SSSR count). The Bertz CT molecular complexity index is 1240. The quantitative estimate of drug-likeness (QED) is 0.376. The molecule has 1 aliphatic rings. The van der Waals surface area contributed by atoms with E-state index in [0.717, 1.165) is 5.56 Å². The number of nitrogens with zero attached hydrogens (tertiary/aromatic N) is 1. The van der Waals surface area contributed by atoms with E-state index in [-0.39, 0.29) is 12.6 Å². The number of methoxy groups -OCH3 is 2. The number of alkyl halides is 6. The molecular formula is C26H21F6NO3. The highest BCUT2D eigenvalue weighted by Gasteiger charge is 2.39. The Morgan fingerprint density at radius 1 is 0.833 bits per heavy atom. The van der Waals surface area contributed by atoms with Gasteiger partial charge in [0.25, 0.3) is 5.91 Å². The molecule has 0 fully saturated rings. The molecule has 4 nitrogen and oxygen atoms in total. The van der Waals surface area contributed by atoms with Crippen LogP contribution in [0.4, 0.5) is 26.3 Å². The Balaban J connectivity index is 1.87. The molecule has 1 heterocycles. The predicted octanol–water partition coefficient (Wildman–Crippen LogP) is 6.53. The van der Waals surface area contributed by atoms with E-state index in [1.54, 1.807) is 42.5 Å². The zero-order valence-electron chi connectivity index (χ0n) is 19.2. The Morgan fingerprint density at radius 2 is 1.39 bits per heavy atom. The van der Waals surface area contributed by atoms with E-state index in [1.807, 2.05) is 0 Å². The first kappa shape index (κ1) is 25.4. The number of hydrogen-bond donors (Lipinski definition) is 0. The van der Waals surface area contributed by atoms with Crippen LogP contribution in [0.25, 0.3) is 0 Å². The summed E-state index contributed by atoms with van der Waals surface area (Å²) in [6.45, 7) is 0.0679. The van der Waals surface area contributed by atoms with E-state index >= 15 is 0 Å². The topological polar surface area (TPSA) is 38.8 Å². The SMILES string of the molecule is COc1cc2c(cc1OC)[C@@H](c1ccccc1)N(C(=O)c1cc(C(F)(F)F)cc(C(F)(F)F)c1)CC2. The fraction of sp³-hybridized carbons (Fsp3) is 0.269. The summed E-state index contributed by atoms with van der Waals surface area (Å²) in [5.41, 5.74) is -1.67. The van der Waals surface area contributed by atoms with Crippen molar-refractivity contribution in [3.63, 3.8) is 0 Å². The summed E-state index contributed by atoms with van der Waals surface area (Å²) >= 11 is 0. The van der Waals surface area contributed by atoms with Gasteiger partial charge in [-0.05, 0) is 53.4 Å². The van der Waals surface area contributed by atoms with E-state index in [2.05, 4.69) is 0 Å². The van der Waals surface area contributed by atoms with Gasteiger partial charge in [0.15, 0.2) is 11.5 Å². The van der Waals surface area contributed by atoms with Crippen molar-refractivity contribution in [2.24, 2.45) is 0 Å². The number of fused-ring (bicyclic) bond motifs is 1. The lowest BCUT2D eigenvalue weighted by Gasteiger charge is -2.38. The maximum Gasteiger partial charge on any atom is 0.416 e. The van der Waals surface area contributed by atoms with Crippen LogP contribution in [0.2, 0.25) is 0 Å². The number of rotatable bonds is 4. The normalized spacial score (nSPS) is 15.9. The Kier molecular flexibility index (Phi) is 6.64. The van der Waals surface area contributed by atoms with Gasteiger partial charge in [0, 0.05) is 12.1 Å². The van der Waals surface area contributed by atoms with Crippen molar-refractivity contribution in [2.75, 3.05) is 20.8 Å². The maximum atomic E-state index is 13.6. The van der Waals surface area contributed by atoms with Crippen molar-refractivity contribution in [1.29, 1.82) is 0 Å². The number of carbonyl (C=O) groups is 1. The molecule has 0 N–H and O–H groups in total. The summed E-state index contributed by atoms with van der Waals surface area (Å²) in [6.07, 6.45) is -9.81. The number of benzene rings is 3. The number of hydrogen-bond acceptors (Lipinski definition) is 3. The molecule has 1 amide bonds. The highest BCUT2D eigenvalue weighted by molar-refractivity contribution is 5.95. The van der Waals surface area contributed by atoms with Crippen molar-refractivity contribution < 1.29 is 40.6 Å². The molecule has 0 saturated carbocycles. The van der Waals surface area contributed by atoms with E-state index in [9.17, 15) is 31.1 Å². The van der Waals surface area contributed by atoms with E-state index in [1.165, 1.54) is 19.1 Å². The third-order valence-electron chi connectivity index (χ3n) is 6.08. The summed E-state index contributed by atoms with van der Waals surface area (Å²) in [4.78, 5) is 14.9. The summed E-state index contributed by atoms with van der Waals surface area (Å²) in [6, 6.07) is 12.3. The van der Waals surface area contributed by atoms with Gasteiger partial charge >= 0.3 is 12.4 Å². The minimum Gasteiger partial charge on any atom is -0.493 e. The van der Waals surface area contributed by atoms with Gasteiger partial charge in [-0.2, -0.15) is 26.3 Å². The van der Waals surface area contributed by atoms with Crippen LogP contribution in [0.1, 0.15) is 44.2 Å². The lowest BCUT2D eigenvalue weighted by molar-refractivity contribution is -0.143. The average molecular weight is 509 g/mol. The van der Waals surface area contributed by atoms with Crippen LogP contribution >= 0.6 is 0 Å². The van der Waals surface area contributed by atoms with Gasteiger partial charge < -0.3 is 14.4 Å². The molecule has 36 heavy (non-hydrogen) atoms. The van der Waals surface area contributed by atoms with Gasteiger partial charge in [0.1, 0.15) is 0 Å². The molecule has 0 radical (unpaired) electrons. The number of carbonyl (C=O) groups excluding carboxylic acids is 1. The fourth-order valence-electron chi connectivity index (χ4n) is 4.40. The van der Waals surface area contributed by atoms with Crippen LogP contribution < -0.4 is 9.47 Å². The molecule has 0 unspecified atom stereocenters. The maximum absolute atomic E-state index is 13.6. The van der Waals surface area contributed by atoms with E-state index in [0.29, 0.717) is 41.2 Å². The molecule has 3 aromatic carbocycles. The van der Waals surface area contributed by atoms with Gasteiger partial charge in [-0.1, -0.05) is 30.3 Å². The first-order valence-electron chi connectivity index (χ1n) is 10.8. The van der Waals surface area contributed by atoms with Crippen molar-refractivity contribution in [3.05, 3.63) is 94.0 Å². The molecule has 0 saturated heterocycles. The molecule has 10 heteroatoms. The number of ether oxygens (including phenoxy) is 2. The minimum atomic E-state index is -5.06. The Hall–Kier alpha value is -3.69. The van der Waals surface area contributed by atoms with Crippen molar-refractivity contribution in [3.8, 4) is 11.5 Å². The zero-order chi connectivity index (χ0) is 26.3. The van der Waals surface area contributed by atoms with Gasteiger partial charge in [-0.25, -0.2) is 0 Å². The molecule has 0 aliphatic carbocycles. The van der Waals surface area contributed by atoms with E-state index in [4.69, 9.17) is 9.47 Å². The molecule has 0 aromatic heterocycles. The van der Waals surface area contributed by atoms with Gasteiger partial charge in [0.05, 0.1) is 31.4 Å². The molecule has 1 atom stereocenters. The minimum absolute atomic E-state index is 0.00804. The smallest absolute Gasteiger partial charge is 0.416 e. The summed E-state index contributed by atoms with van der Waals surface area (Å²) in [7, 11) is 2.91. The monoisotopic (exact) mass is 509 g/mol. The predicted molar refractivity (Wildman–Crippen MR) is 119 cm³/mol. The lowest BCUT2D eigenvalue weighted by atomic mass is 9.87. The zero-order valence-corrected chi connectivity index (χ0v) is 19.2. The average Bonchev–Trinajstić information content (AvgIpc) is 2.85. The second-order valence-corrected chi connectivity index (χ2v) is 8.26. The molecule has 1 aliphatic heterocycles. The van der Waals surface area contributed by atoms with Gasteiger partial charge in [-0.3, -0.25) is 4.79 Å². The van der Waals surface area contributed by atoms with Crippen LogP contribution in [-0.2, 0) is 18.8 Å². The van der Waals surface area contributed by atoms with Crippen molar-refractivity contribution in [1.82, 2.24) is 4.90 Å². The van der Waals surface area contributed by atoms with Crippen LogP contribution in [0, 0.1) is 0 Å². The van der Waals surface area contributed by atoms with E-state index < -0.39 is 41.0 Å². The highest BCUT2D eigenvalue weighted by atomic mass is 19.4. The van der Waals surface area contributed by atoms with Crippen LogP contribution in [0.5, 0.6) is 11.5 Å². The van der Waals surface area contributed by atoms with Crippen molar-refractivity contribution in [2.45, 2.75) is 24.8 Å². The molecule has 3 aromatic rings. The molecule has 0 spiro atoms. The number of halogens is 6. The fourth-order valence-corrected chi connectivity index (χ4v) is 4.40. The Labute approximate surface area is 203 Å². The molecule has 190 valence electrons. The van der Waals surface area contributed by atoms with Crippen LogP contribution in [0.3, 0.4) is 0 Å². The third-order valence-corrected chi connectivity index (χ3v) is 6.08. The summed E-state index contributed by atoms with van der Waals surface area (Å²) in [5.74, 6) is -0.0960.